The number of benzene rings is 1. The first-order chi connectivity index (χ1) is 7.69. The highest BCUT2D eigenvalue weighted by molar-refractivity contribution is 5.81. The smallest absolute Gasteiger partial charge is 0.153 e. The fourth-order valence-corrected chi connectivity index (χ4v) is 1.43. The molecule has 5 heteroatoms. The van der Waals surface area contributed by atoms with E-state index in [4.69, 9.17) is 15.7 Å². The van der Waals surface area contributed by atoms with Gasteiger partial charge in [-0.2, -0.15) is 0 Å². The monoisotopic (exact) mass is 223 g/mol. The highest BCUT2D eigenvalue weighted by Gasteiger charge is 2.10. The molecule has 4 N–H and O–H groups in total. The Bertz CT molecular complexity index is 366. The molecule has 0 heterocycles. The highest BCUT2D eigenvalue weighted by atomic mass is 16.5. The number of methoxy groups -OCH3 is 1. The average molecular weight is 223 g/mol. The predicted octanol–water partition coefficient (Wildman–Crippen LogP) is 1.09. The molecular weight excluding hydrogens is 206 g/mol. The molecule has 0 fully saturated rings. The molecule has 0 radical (unpaired) electrons. The van der Waals surface area contributed by atoms with Crippen LogP contribution in [0.2, 0.25) is 0 Å². The van der Waals surface area contributed by atoms with Crippen molar-refractivity contribution in [1.29, 1.82) is 0 Å². The molecule has 16 heavy (non-hydrogen) atoms. The summed E-state index contributed by atoms with van der Waals surface area (Å²) in [4.78, 5) is 0. The van der Waals surface area contributed by atoms with E-state index in [1.807, 2.05) is 31.2 Å². The summed E-state index contributed by atoms with van der Waals surface area (Å²) in [6.07, 6.45) is 0. The zero-order chi connectivity index (χ0) is 12.0. The molecule has 0 saturated heterocycles. The van der Waals surface area contributed by atoms with Crippen LogP contribution < -0.4 is 15.8 Å². The molecule has 0 aliphatic heterocycles. The third kappa shape index (κ3) is 3.13. The molecule has 0 aliphatic rings. The largest absolute Gasteiger partial charge is 0.496 e. The Kier molecular flexibility index (Phi) is 4.60. The number of hydrogen-bond acceptors (Lipinski definition) is 4. The van der Waals surface area contributed by atoms with Crippen molar-refractivity contribution in [3.63, 3.8) is 0 Å². The number of ether oxygens (including phenoxy) is 1. The Balaban J connectivity index is 2.68. The third-order valence-corrected chi connectivity index (χ3v) is 2.32. The van der Waals surface area contributed by atoms with E-state index in [1.165, 1.54) is 0 Å². The Labute approximate surface area is 94.9 Å². The van der Waals surface area contributed by atoms with Crippen molar-refractivity contribution in [3.8, 4) is 5.75 Å². The van der Waals surface area contributed by atoms with Crippen LogP contribution in [0.3, 0.4) is 0 Å². The maximum atomic E-state index is 8.42. The molecule has 0 aromatic heterocycles. The van der Waals surface area contributed by atoms with Gasteiger partial charge in [0.2, 0.25) is 0 Å². The van der Waals surface area contributed by atoms with Gasteiger partial charge < -0.3 is 21.0 Å². The Hall–Kier alpha value is -1.75. The minimum atomic E-state index is 0.0662. The molecule has 5 nitrogen and oxygen atoms in total. The van der Waals surface area contributed by atoms with Gasteiger partial charge in [0.1, 0.15) is 5.75 Å². The van der Waals surface area contributed by atoms with E-state index in [0.29, 0.717) is 6.54 Å². The maximum Gasteiger partial charge on any atom is 0.153 e. The van der Waals surface area contributed by atoms with E-state index in [-0.39, 0.29) is 11.9 Å². The van der Waals surface area contributed by atoms with Crippen molar-refractivity contribution in [1.82, 2.24) is 5.32 Å². The van der Waals surface area contributed by atoms with Crippen molar-refractivity contribution < 1.29 is 9.94 Å². The van der Waals surface area contributed by atoms with Gasteiger partial charge in [-0.25, -0.2) is 0 Å². The van der Waals surface area contributed by atoms with Gasteiger partial charge in [0.05, 0.1) is 13.7 Å². The van der Waals surface area contributed by atoms with Crippen molar-refractivity contribution in [2.45, 2.75) is 13.0 Å². The molecule has 1 aromatic carbocycles. The van der Waals surface area contributed by atoms with E-state index in [2.05, 4.69) is 10.5 Å². The topological polar surface area (TPSA) is 79.9 Å². The number of nitrogens with zero attached hydrogens (tertiary/aromatic N) is 1. The molecule has 88 valence electrons. The lowest BCUT2D eigenvalue weighted by molar-refractivity contribution is 0.316. The van der Waals surface area contributed by atoms with Crippen LogP contribution in [0, 0.1) is 0 Å². The van der Waals surface area contributed by atoms with Crippen LogP contribution in [0.5, 0.6) is 5.75 Å². The minimum Gasteiger partial charge on any atom is -0.496 e. The molecular formula is C11H17N3O2. The second kappa shape index (κ2) is 5.97. The van der Waals surface area contributed by atoms with Gasteiger partial charge in [-0.15, -0.1) is 0 Å². The van der Waals surface area contributed by atoms with Crippen LogP contribution in [0.15, 0.2) is 29.4 Å². The summed E-state index contributed by atoms with van der Waals surface area (Å²) in [5.41, 5.74) is 6.41. The van der Waals surface area contributed by atoms with E-state index in [1.54, 1.807) is 7.11 Å². The number of para-hydroxylation sites is 1. The quantitative estimate of drug-likeness (QED) is 0.302. The molecule has 0 saturated carbocycles. The molecule has 1 rings (SSSR count). The second-order valence-corrected chi connectivity index (χ2v) is 3.44. The zero-order valence-electron chi connectivity index (χ0n) is 9.47. The summed E-state index contributed by atoms with van der Waals surface area (Å²) in [7, 11) is 1.63. The normalized spacial score (nSPS) is 13.5. The summed E-state index contributed by atoms with van der Waals surface area (Å²) >= 11 is 0. The Morgan fingerprint density at radius 3 is 2.88 bits per heavy atom. The molecule has 1 atom stereocenters. The van der Waals surface area contributed by atoms with E-state index in [0.717, 1.165) is 11.3 Å². The second-order valence-electron chi connectivity index (χ2n) is 3.44. The lowest BCUT2D eigenvalue weighted by Crippen LogP contribution is -2.31. The molecule has 0 spiro atoms. The standard InChI is InChI=1S/C11H17N3O2/c1-8(13-7-11(12)14-15)9-5-3-4-6-10(9)16-2/h3-6,8,13,15H,7H2,1-2H3,(H2,12,14)/t8-/m0/s1. The van der Waals surface area contributed by atoms with Gasteiger partial charge in [0.25, 0.3) is 0 Å². The van der Waals surface area contributed by atoms with E-state index in [9.17, 15) is 0 Å². The fourth-order valence-electron chi connectivity index (χ4n) is 1.43. The summed E-state index contributed by atoms with van der Waals surface area (Å²) in [5, 5.41) is 14.4. The number of nitrogens with two attached hydrogens (primary N) is 1. The van der Waals surface area contributed by atoms with Crippen LogP contribution in [0.4, 0.5) is 0 Å². The molecule has 1 aromatic rings. The molecule has 0 unspecified atom stereocenters. The summed E-state index contributed by atoms with van der Waals surface area (Å²) in [5.74, 6) is 0.976. The zero-order valence-corrected chi connectivity index (χ0v) is 9.47. The average Bonchev–Trinajstić information content (AvgIpc) is 2.35. The van der Waals surface area contributed by atoms with Crippen molar-refractivity contribution >= 4 is 5.84 Å². The van der Waals surface area contributed by atoms with Gasteiger partial charge in [-0.05, 0) is 13.0 Å². The molecule has 0 aliphatic carbocycles. The van der Waals surface area contributed by atoms with Crippen LogP contribution in [0.25, 0.3) is 0 Å². The van der Waals surface area contributed by atoms with Crippen molar-refractivity contribution in [2.24, 2.45) is 10.9 Å². The molecule has 0 bridgehead atoms. The summed E-state index contributed by atoms with van der Waals surface area (Å²) in [6, 6.07) is 7.80. The first kappa shape index (κ1) is 12.3. The number of hydrogen-bond donors (Lipinski definition) is 3. The SMILES string of the molecule is COc1ccccc1[C@H](C)NC/C(N)=N/O. The lowest BCUT2D eigenvalue weighted by Gasteiger charge is -2.16. The number of rotatable bonds is 5. The van der Waals surface area contributed by atoms with Crippen LogP contribution in [-0.2, 0) is 0 Å². The third-order valence-electron chi connectivity index (χ3n) is 2.32. The van der Waals surface area contributed by atoms with Crippen molar-refractivity contribution in [2.75, 3.05) is 13.7 Å². The molecule has 0 amide bonds. The first-order valence-corrected chi connectivity index (χ1v) is 5.01. The summed E-state index contributed by atoms with van der Waals surface area (Å²) in [6.45, 7) is 2.32. The predicted molar refractivity (Wildman–Crippen MR) is 62.8 cm³/mol. The fraction of sp³-hybridized carbons (Fsp3) is 0.364. The van der Waals surface area contributed by atoms with Gasteiger partial charge in [-0.1, -0.05) is 23.4 Å². The number of nitrogens with one attached hydrogen (secondary N) is 1. The van der Waals surface area contributed by atoms with Gasteiger partial charge in [-0.3, -0.25) is 0 Å². The first-order valence-electron chi connectivity index (χ1n) is 5.01. The number of oxime groups is 1. The van der Waals surface area contributed by atoms with E-state index >= 15 is 0 Å². The minimum absolute atomic E-state index is 0.0662. The van der Waals surface area contributed by atoms with Crippen LogP contribution >= 0.6 is 0 Å². The van der Waals surface area contributed by atoms with Crippen molar-refractivity contribution in [3.05, 3.63) is 29.8 Å². The van der Waals surface area contributed by atoms with E-state index < -0.39 is 0 Å². The number of amidine groups is 1. The van der Waals surface area contributed by atoms with Gasteiger partial charge in [0, 0.05) is 11.6 Å². The highest BCUT2D eigenvalue weighted by Crippen LogP contribution is 2.23. The summed E-state index contributed by atoms with van der Waals surface area (Å²) < 4.78 is 5.25. The Morgan fingerprint density at radius 2 is 2.25 bits per heavy atom. The van der Waals surface area contributed by atoms with Gasteiger partial charge in [0.15, 0.2) is 5.84 Å². The Morgan fingerprint density at radius 1 is 1.56 bits per heavy atom. The van der Waals surface area contributed by atoms with Crippen LogP contribution in [-0.4, -0.2) is 24.7 Å². The lowest BCUT2D eigenvalue weighted by atomic mass is 10.1. The van der Waals surface area contributed by atoms with Crippen LogP contribution in [0.1, 0.15) is 18.5 Å². The van der Waals surface area contributed by atoms with Gasteiger partial charge >= 0.3 is 0 Å². The maximum absolute atomic E-state index is 8.42.